The van der Waals surface area contributed by atoms with E-state index in [1.165, 1.54) is 17.7 Å². The highest BCUT2D eigenvalue weighted by atomic mass is 32.2. The minimum Gasteiger partial charge on any atom is -0.375 e. The molecule has 2 aliphatic carbocycles. The molecule has 8 rings (SSSR count). The monoisotopic (exact) mass is 830 g/mol. The number of hydrogen-bond acceptors (Lipinski definition) is 12. The quantitative estimate of drug-likeness (QED) is 0.229. The van der Waals surface area contributed by atoms with Crippen LogP contribution in [0.15, 0.2) is 22.0 Å². The van der Waals surface area contributed by atoms with Gasteiger partial charge in [-0.3, -0.25) is 23.1 Å². The van der Waals surface area contributed by atoms with Gasteiger partial charge in [-0.15, -0.1) is 0 Å². The molecule has 0 unspecified atom stereocenters. The zero-order chi connectivity index (χ0) is 41.6. The molecule has 0 radical (unpaired) electrons. The Morgan fingerprint density at radius 1 is 0.776 bits per heavy atom. The van der Waals surface area contributed by atoms with Crippen molar-refractivity contribution >= 4 is 50.2 Å². The molecule has 0 aromatic carbocycles. The Morgan fingerprint density at radius 2 is 1.24 bits per heavy atom. The predicted octanol–water partition coefficient (Wildman–Crippen LogP) is 4.38. The SMILES string of the molecule is CC.CCn1c(=O)n(C2CCCC2)c2nc(NC3CCN(S(C)(=O)=O)CC3)ncc21.COCC(=O)N1CCC(Nc2ncc3c(n2)n(C2CCCC2)c(=O)n3C)CC1.[HH].[HH]. The Hall–Kier alpha value is -4.36. The second kappa shape index (κ2) is 19.1. The molecule has 2 aliphatic heterocycles. The molecule has 2 saturated heterocycles. The van der Waals surface area contributed by atoms with Gasteiger partial charge in [-0.05, 0) is 58.3 Å². The Balaban J connectivity index is 0.000000246. The number of aryl methyl sites for hydroxylation is 2. The number of likely N-dealkylation sites (tertiary alicyclic amines) is 1. The summed E-state index contributed by atoms with van der Waals surface area (Å²) in [6.07, 6.45) is 16.5. The zero-order valence-electron chi connectivity index (χ0n) is 35.0. The van der Waals surface area contributed by atoms with Crippen LogP contribution in [0.5, 0.6) is 0 Å². The highest BCUT2D eigenvalue weighted by molar-refractivity contribution is 7.88. The molecule has 2 saturated carbocycles. The smallest absolute Gasteiger partial charge is 0.330 e. The number of imidazole rings is 2. The number of nitrogens with one attached hydrogen (secondary N) is 2. The fraction of sp³-hybridized carbons (Fsp3) is 0.718. The van der Waals surface area contributed by atoms with Crippen LogP contribution in [0.3, 0.4) is 0 Å². The van der Waals surface area contributed by atoms with E-state index in [4.69, 9.17) is 14.7 Å². The first-order chi connectivity index (χ1) is 28.0. The minimum absolute atomic E-state index is 0. The van der Waals surface area contributed by atoms with Gasteiger partial charge in [0.1, 0.15) is 17.6 Å². The summed E-state index contributed by atoms with van der Waals surface area (Å²) in [7, 11) is 0.176. The lowest BCUT2D eigenvalue weighted by Gasteiger charge is -2.32. The van der Waals surface area contributed by atoms with E-state index in [1.54, 1.807) is 28.6 Å². The molecule has 18 nitrogen and oxygen atoms in total. The number of rotatable bonds is 10. The van der Waals surface area contributed by atoms with Crippen LogP contribution in [-0.2, 0) is 33.1 Å². The third kappa shape index (κ3) is 9.41. The van der Waals surface area contributed by atoms with Gasteiger partial charge in [-0.1, -0.05) is 39.5 Å². The van der Waals surface area contributed by atoms with Gasteiger partial charge in [-0.2, -0.15) is 9.97 Å². The van der Waals surface area contributed by atoms with Crippen molar-refractivity contribution in [1.29, 1.82) is 0 Å². The van der Waals surface area contributed by atoms with Crippen molar-refractivity contribution in [1.82, 2.24) is 47.4 Å². The summed E-state index contributed by atoms with van der Waals surface area (Å²) >= 11 is 0. The number of hydrogen-bond donors (Lipinski definition) is 2. The summed E-state index contributed by atoms with van der Waals surface area (Å²) < 4.78 is 36.9. The summed E-state index contributed by atoms with van der Waals surface area (Å²) in [6, 6.07) is 0.771. The number of aromatic nitrogens is 8. The molecule has 0 spiro atoms. The Morgan fingerprint density at radius 3 is 1.72 bits per heavy atom. The highest BCUT2D eigenvalue weighted by Gasteiger charge is 2.29. The van der Waals surface area contributed by atoms with Gasteiger partial charge in [0.2, 0.25) is 27.8 Å². The molecule has 6 heterocycles. The first kappa shape index (κ1) is 43.2. The third-order valence-electron chi connectivity index (χ3n) is 11.9. The Labute approximate surface area is 343 Å². The Kier molecular flexibility index (Phi) is 14.3. The lowest BCUT2D eigenvalue weighted by Crippen LogP contribution is -2.43. The van der Waals surface area contributed by atoms with Crippen molar-refractivity contribution in [3.05, 3.63) is 33.4 Å². The van der Waals surface area contributed by atoms with Crippen molar-refractivity contribution in [3.63, 3.8) is 0 Å². The first-order valence-corrected chi connectivity index (χ1v) is 23.0. The van der Waals surface area contributed by atoms with Gasteiger partial charge in [0.15, 0.2) is 11.3 Å². The van der Waals surface area contributed by atoms with Gasteiger partial charge < -0.3 is 20.3 Å². The topological polar surface area (TPSA) is 196 Å². The maximum absolute atomic E-state index is 12.9. The van der Waals surface area contributed by atoms with E-state index in [2.05, 4.69) is 20.6 Å². The summed E-state index contributed by atoms with van der Waals surface area (Å²) in [5.74, 6) is 1.08. The molecule has 0 atom stereocenters. The Bertz CT molecular complexity index is 2250. The fourth-order valence-electron chi connectivity index (χ4n) is 8.81. The molecule has 4 aromatic rings. The van der Waals surface area contributed by atoms with Crippen molar-refractivity contribution in [3.8, 4) is 0 Å². The van der Waals surface area contributed by atoms with Crippen LogP contribution in [0, 0.1) is 0 Å². The molecular formula is C39H66N12O6S. The number of fused-ring (bicyclic) bond motifs is 2. The molecule has 4 fully saturated rings. The van der Waals surface area contributed by atoms with E-state index in [0.717, 1.165) is 75.2 Å². The number of anilines is 2. The standard InChI is InChI=1S/C19H28N6O3.C18H28N6O3S.C2H6.2H2/c1-23-15-11-20-18(21-13-7-9-24(10-8-13)16(26)12-28-2)22-17(15)25(19(23)27)14-5-3-4-6-14;1-3-23-15-12-19-17(20-13-8-10-22(11-9-13)28(2,26)27)21-16(15)24(18(23)25)14-6-4-5-7-14;1-2;;/h11,13-14H,3-10,12H2,1-2H3,(H,20,21,22);12-14H,3-11H2,1-2H3,(H,19,20,21);1-2H3;2*1H. The molecule has 0 bridgehead atoms. The number of ether oxygens (including phenoxy) is 1. The molecule has 4 aromatic heterocycles. The number of piperidine rings is 2. The van der Waals surface area contributed by atoms with Crippen LogP contribution in [0.1, 0.15) is 113 Å². The van der Waals surface area contributed by atoms with Gasteiger partial charge in [0.05, 0.1) is 18.6 Å². The van der Waals surface area contributed by atoms with Crippen LogP contribution in [0.4, 0.5) is 11.9 Å². The van der Waals surface area contributed by atoms with Crippen molar-refractivity contribution in [2.45, 2.75) is 129 Å². The summed E-state index contributed by atoms with van der Waals surface area (Å²) in [5.41, 5.74) is 2.93. The van der Waals surface area contributed by atoms with Crippen LogP contribution in [0.2, 0.25) is 0 Å². The third-order valence-corrected chi connectivity index (χ3v) is 13.2. The molecule has 58 heavy (non-hydrogen) atoms. The second-order valence-electron chi connectivity index (χ2n) is 15.6. The van der Waals surface area contributed by atoms with Gasteiger partial charge in [-0.25, -0.2) is 32.3 Å². The number of methoxy groups -OCH3 is 1. The van der Waals surface area contributed by atoms with Crippen LogP contribution in [-0.4, -0.2) is 120 Å². The van der Waals surface area contributed by atoms with Crippen molar-refractivity contribution in [2.75, 3.05) is 56.8 Å². The molecular weight excluding hydrogens is 765 g/mol. The molecule has 19 heteroatoms. The van der Waals surface area contributed by atoms with Crippen molar-refractivity contribution < 1.29 is 20.8 Å². The molecule has 1 amide bonds. The molecule has 324 valence electrons. The maximum Gasteiger partial charge on any atom is 0.330 e. The van der Waals surface area contributed by atoms with E-state index < -0.39 is 10.0 Å². The number of amides is 1. The van der Waals surface area contributed by atoms with E-state index in [-0.39, 0.29) is 50.9 Å². The zero-order valence-corrected chi connectivity index (χ0v) is 35.8. The molecule has 2 N–H and O–H groups in total. The summed E-state index contributed by atoms with van der Waals surface area (Å²) in [6.45, 7) is 9.07. The normalized spacial score (nSPS) is 19.0. The maximum atomic E-state index is 12.9. The second-order valence-corrected chi connectivity index (χ2v) is 17.6. The summed E-state index contributed by atoms with van der Waals surface area (Å²) in [4.78, 5) is 57.7. The van der Waals surface area contributed by atoms with Crippen LogP contribution in [0.25, 0.3) is 22.3 Å². The average molecular weight is 831 g/mol. The highest BCUT2D eigenvalue weighted by Crippen LogP contribution is 2.32. The predicted molar refractivity (Wildman–Crippen MR) is 229 cm³/mol. The fourth-order valence-corrected chi connectivity index (χ4v) is 9.68. The van der Waals surface area contributed by atoms with Gasteiger partial charge in [0, 0.05) is 73.9 Å². The largest absolute Gasteiger partial charge is 0.375 e. The summed E-state index contributed by atoms with van der Waals surface area (Å²) in [5, 5.41) is 6.74. The lowest BCUT2D eigenvalue weighted by molar-refractivity contribution is -0.136. The lowest BCUT2D eigenvalue weighted by atomic mass is 10.1. The van der Waals surface area contributed by atoms with E-state index in [0.29, 0.717) is 68.8 Å². The molecule has 4 aliphatic rings. The van der Waals surface area contributed by atoms with Crippen LogP contribution < -0.4 is 22.0 Å². The average Bonchev–Trinajstić information content (AvgIpc) is 4.04. The van der Waals surface area contributed by atoms with Gasteiger partial charge >= 0.3 is 11.4 Å². The van der Waals surface area contributed by atoms with E-state index >= 15 is 0 Å². The van der Waals surface area contributed by atoms with Crippen molar-refractivity contribution in [2.24, 2.45) is 7.05 Å². The minimum atomic E-state index is -3.14. The van der Waals surface area contributed by atoms with Gasteiger partial charge in [0.25, 0.3) is 0 Å². The number of carbonyl (C=O) groups excluding carboxylic acids is 1. The number of carbonyl (C=O) groups is 1. The first-order valence-electron chi connectivity index (χ1n) is 21.1. The number of nitrogens with zero attached hydrogens (tertiary/aromatic N) is 10. The number of sulfonamides is 1. The van der Waals surface area contributed by atoms with Crippen LogP contribution >= 0.6 is 0 Å². The van der Waals surface area contributed by atoms with E-state index in [9.17, 15) is 22.8 Å². The van der Waals surface area contributed by atoms with E-state index in [1.807, 2.05) is 34.8 Å².